The molecule has 0 saturated carbocycles. The van der Waals surface area contributed by atoms with E-state index in [0.29, 0.717) is 18.0 Å². The van der Waals surface area contributed by atoms with E-state index in [4.69, 9.17) is 4.74 Å². The van der Waals surface area contributed by atoms with Crippen LogP contribution in [0.5, 0.6) is 0 Å². The van der Waals surface area contributed by atoms with Crippen LogP contribution in [0, 0.1) is 5.92 Å². The monoisotopic (exact) mass is 426 g/mol. The summed E-state index contributed by atoms with van der Waals surface area (Å²) in [5.41, 5.74) is 0.665. The molecule has 0 spiro atoms. The highest BCUT2D eigenvalue weighted by molar-refractivity contribution is 9.10. The van der Waals surface area contributed by atoms with E-state index in [2.05, 4.69) is 50.7 Å². The molecule has 0 radical (unpaired) electrons. The fraction of sp³-hybridized carbons (Fsp3) is 0.579. The van der Waals surface area contributed by atoms with Crippen molar-refractivity contribution in [3.8, 4) is 0 Å². The second-order valence-electron chi connectivity index (χ2n) is 6.36. The molecule has 6 nitrogen and oxygen atoms in total. The maximum atomic E-state index is 12.0. The van der Waals surface area contributed by atoms with E-state index in [1.165, 1.54) is 0 Å². The number of nitrogens with zero attached hydrogens (tertiary/aromatic N) is 1. The van der Waals surface area contributed by atoms with E-state index in [9.17, 15) is 4.79 Å². The normalized spacial score (nSPS) is 11.5. The van der Waals surface area contributed by atoms with Gasteiger partial charge in [-0.2, -0.15) is 0 Å². The Hall–Kier alpha value is -1.60. The van der Waals surface area contributed by atoms with Gasteiger partial charge >= 0.3 is 0 Å². The Kier molecular flexibility index (Phi) is 11.7. The minimum Gasteiger partial charge on any atom is -0.381 e. The van der Waals surface area contributed by atoms with Crippen LogP contribution in [0.15, 0.2) is 33.7 Å². The van der Waals surface area contributed by atoms with Gasteiger partial charge in [0.1, 0.15) is 0 Å². The molecule has 146 valence electrons. The van der Waals surface area contributed by atoms with Crippen molar-refractivity contribution in [2.45, 2.75) is 26.7 Å². The topological polar surface area (TPSA) is 74.8 Å². The van der Waals surface area contributed by atoms with Crippen LogP contribution in [-0.4, -0.2) is 51.8 Å². The molecular formula is C19H31BrN4O2. The summed E-state index contributed by atoms with van der Waals surface area (Å²) in [6, 6.07) is 7.32. The number of amides is 1. The van der Waals surface area contributed by atoms with Gasteiger partial charge in [-0.15, -0.1) is 0 Å². The molecule has 1 rings (SSSR count). The summed E-state index contributed by atoms with van der Waals surface area (Å²) in [6.07, 6.45) is 1.76. The predicted molar refractivity (Wildman–Crippen MR) is 111 cm³/mol. The Balaban J connectivity index is 2.07. The number of benzene rings is 1. The summed E-state index contributed by atoms with van der Waals surface area (Å²) in [4.78, 5) is 16.2. The molecule has 26 heavy (non-hydrogen) atoms. The van der Waals surface area contributed by atoms with Crippen molar-refractivity contribution in [1.82, 2.24) is 16.0 Å². The number of carbonyl (C=O) groups excluding carboxylic acids is 1. The average Bonchev–Trinajstić information content (AvgIpc) is 2.62. The first kappa shape index (κ1) is 22.4. The van der Waals surface area contributed by atoms with Crippen LogP contribution in [0.2, 0.25) is 0 Å². The molecule has 7 heteroatoms. The summed E-state index contributed by atoms with van der Waals surface area (Å²) in [5, 5.41) is 9.41. The zero-order valence-corrected chi connectivity index (χ0v) is 17.6. The van der Waals surface area contributed by atoms with Crippen LogP contribution >= 0.6 is 15.9 Å². The van der Waals surface area contributed by atoms with Crippen molar-refractivity contribution in [3.63, 3.8) is 0 Å². The van der Waals surface area contributed by atoms with Crippen molar-refractivity contribution < 1.29 is 9.53 Å². The second-order valence-corrected chi connectivity index (χ2v) is 7.28. The number of hydrogen-bond donors (Lipinski definition) is 3. The first-order valence-electron chi connectivity index (χ1n) is 9.09. The van der Waals surface area contributed by atoms with Crippen LogP contribution in [-0.2, 0) is 4.74 Å². The van der Waals surface area contributed by atoms with Gasteiger partial charge < -0.3 is 20.7 Å². The number of halogens is 1. The van der Waals surface area contributed by atoms with Crippen LogP contribution in [0.25, 0.3) is 0 Å². The molecule has 0 aliphatic carbocycles. The van der Waals surface area contributed by atoms with E-state index < -0.39 is 0 Å². The Morgan fingerprint density at radius 1 is 1.08 bits per heavy atom. The fourth-order valence-electron chi connectivity index (χ4n) is 2.12. The second kappa shape index (κ2) is 13.6. The molecule has 0 aliphatic rings. The minimum atomic E-state index is -0.0543. The first-order chi connectivity index (χ1) is 12.5. The lowest BCUT2D eigenvalue weighted by Gasteiger charge is -2.12. The largest absolute Gasteiger partial charge is 0.381 e. The molecule has 0 unspecified atom stereocenters. The van der Waals surface area contributed by atoms with Gasteiger partial charge in [0.15, 0.2) is 5.96 Å². The molecule has 0 aliphatic heterocycles. The van der Waals surface area contributed by atoms with Gasteiger partial charge in [-0.25, -0.2) is 0 Å². The first-order valence-corrected chi connectivity index (χ1v) is 9.88. The van der Waals surface area contributed by atoms with Gasteiger partial charge in [-0.1, -0.05) is 29.8 Å². The molecule has 0 saturated heterocycles. The molecule has 3 N–H and O–H groups in total. The van der Waals surface area contributed by atoms with Crippen molar-refractivity contribution in [3.05, 3.63) is 34.3 Å². The third-order valence-electron chi connectivity index (χ3n) is 3.47. The number of aliphatic imine (C=N–C) groups is 1. The van der Waals surface area contributed by atoms with Gasteiger partial charge in [0.2, 0.25) is 0 Å². The SMILES string of the molecule is CN=C(NCCCNC(=O)c1ccc(Br)cc1)NCCCOCC(C)C. The van der Waals surface area contributed by atoms with Crippen molar-refractivity contribution in [2.24, 2.45) is 10.9 Å². The van der Waals surface area contributed by atoms with Crippen LogP contribution in [0.3, 0.4) is 0 Å². The Morgan fingerprint density at radius 2 is 1.69 bits per heavy atom. The highest BCUT2D eigenvalue weighted by atomic mass is 79.9. The van der Waals surface area contributed by atoms with Crippen molar-refractivity contribution >= 4 is 27.8 Å². The number of hydrogen-bond acceptors (Lipinski definition) is 3. The van der Waals surface area contributed by atoms with E-state index >= 15 is 0 Å². The van der Waals surface area contributed by atoms with Crippen LogP contribution < -0.4 is 16.0 Å². The molecule has 1 aromatic carbocycles. The van der Waals surface area contributed by atoms with E-state index in [0.717, 1.165) is 49.6 Å². The fourth-order valence-corrected chi connectivity index (χ4v) is 2.39. The highest BCUT2D eigenvalue weighted by Crippen LogP contribution is 2.10. The molecule has 0 fully saturated rings. The number of nitrogens with one attached hydrogen (secondary N) is 3. The van der Waals surface area contributed by atoms with E-state index in [-0.39, 0.29) is 5.91 Å². The molecule has 1 aromatic rings. The lowest BCUT2D eigenvalue weighted by Crippen LogP contribution is -2.39. The summed E-state index contributed by atoms with van der Waals surface area (Å²) < 4.78 is 6.51. The predicted octanol–water partition coefficient (Wildman–Crippen LogP) is 2.80. The van der Waals surface area contributed by atoms with Crippen molar-refractivity contribution in [2.75, 3.05) is 39.9 Å². The maximum absolute atomic E-state index is 12.0. The molecule has 0 bridgehead atoms. The average molecular weight is 427 g/mol. The summed E-state index contributed by atoms with van der Waals surface area (Å²) in [5.74, 6) is 1.29. The molecular weight excluding hydrogens is 396 g/mol. The Bertz CT molecular complexity index is 547. The van der Waals surface area contributed by atoms with Crippen molar-refractivity contribution in [1.29, 1.82) is 0 Å². The van der Waals surface area contributed by atoms with Gasteiger partial charge in [0.25, 0.3) is 5.91 Å². The van der Waals surface area contributed by atoms with Crippen LogP contribution in [0.1, 0.15) is 37.0 Å². The van der Waals surface area contributed by atoms with Crippen LogP contribution in [0.4, 0.5) is 0 Å². The Labute approximate surface area is 165 Å². The quantitative estimate of drug-likeness (QED) is 0.289. The summed E-state index contributed by atoms with van der Waals surface area (Å²) in [7, 11) is 1.75. The van der Waals surface area contributed by atoms with E-state index in [1.807, 2.05) is 12.1 Å². The highest BCUT2D eigenvalue weighted by Gasteiger charge is 2.04. The molecule has 0 heterocycles. The summed E-state index contributed by atoms with van der Waals surface area (Å²) in [6.45, 7) is 8.02. The maximum Gasteiger partial charge on any atom is 0.251 e. The minimum absolute atomic E-state index is 0.0543. The van der Waals surface area contributed by atoms with Gasteiger partial charge in [0, 0.05) is 49.9 Å². The standard InChI is InChI=1S/C19H31BrN4O2/c1-15(2)14-26-13-5-12-24-19(21-3)23-11-4-10-22-18(25)16-6-8-17(20)9-7-16/h6-9,15H,4-5,10-14H2,1-3H3,(H,22,25)(H2,21,23,24). The lowest BCUT2D eigenvalue weighted by molar-refractivity contribution is 0.0953. The summed E-state index contributed by atoms with van der Waals surface area (Å²) >= 11 is 3.36. The smallest absolute Gasteiger partial charge is 0.251 e. The van der Waals surface area contributed by atoms with Gasteiger partial charge in [-0.05, 0) is 43.0 Å². The van der Waals surface area contributed by atoms with Gasteiger partial charge in [-0.3, -0.25) is 9.79 Å². The third-order valence-corrected chi connectivity index (χ3v) is 4.00. The Morgan fingerprint density at radius 3 is 2.31 bits per heavy atom. The number of ether oxygens (including phenoxy) is 1. The van der Waals surface area contributed by atoms with Gasteiger partial charge in [0.05, 0.1) is 0 Å². The molecule has 0 atom stereocenters. The lowest BCUT2D eigenvalue weighted by atomic mass is 10.2. The zero-order chi connectivity index (χ0) is 19.2. The molecule has 1 amide bonds. The number of carbonyl (C=O) groups is 1. The molecule has 0 aromatic heterocycles. The number of rotatable bonds is 11. The third kappa shape index (κ3) is 10.4. The zero-order valence-electron chi connectivity index (χ0n) is 16.0. The van der Waals surface area contributed by atoms with E-state index in [1.54, 1.807) is 19.2 Å². The number of guanidine groups is 1.